The zero-order valence-electron chi connectivity index (χ0n) is 19.3. The largest absolute Gasteiger partial charge is 0.342 e. The van der Waals surface area contributed by atoms with Crippen molar-refractivity contribution in [2.75, 3.05) is 13.1 Å². The smallest absolute Gasteiger partial charge is 0.315 e. The highest BCUT2D eigenvalue weighted by molar-refractivity contribution is 5.98. The molecular weight excluding hydrogens is 433 g/mol. The number of likely N-dealkylation sites (tertiary alicyclic amines) is 1. The number of nitrogens with zero attached hydrogens (tertiary/aromatic N) is 1. The summed E-state index contributed by atoms with van der Waals surface area (Å²) >= 11 is 0. The number of nitrogens with one attached hydrogen (secondary N) is 1. The molecule has 1 saturated heterocycles. The number of piperidine rings is 1. The average Bonchev–Trinajstić information content (AvgIpc) is 2.82. The third-order valence-electron chi connectivity index (χ3n) is 6.92. The van der Waals surface area contributed by atoms with Crippen molar-refractivity contribution >= 4 is 17.6 Å². The molecule has 182 valence electrons. The summed E-state index contributed by atoms with van der Waals surface area (Å²) in [6.45, 7) is 3.78. The second-order valence-corrected chi connectivity index (χ2v) is 9.54. The Morgan fingerprint density at radius 1 is 1.03 bits per heavy atom. The van der Waals surface area contributed by atoms with Crippen LogP contribution in [0.5, 0.6) is 0 Å². The van der Waals surface area contributed by atoms with E-state index in [0.29, 0.717) is 12.8 Å². The van der Waals surface area contributed by atoms with Crippen molar-refractivity contribution in [2.45, 2.75) is 77.2 Å². The summed E-state index contributed by atoms with van der Waals surface area (Å²) in [5, 5.41) is 2.80. The van der Waals surface area contributed by atoms with Crippen molar-refractivity contribution in [3.8, 4) is 0 Å². The SMILES string of the molecule is CC(C)C(=O)[C@H](NC(=O)c1cccc(C2CCCN(C(=O)C(F)F)C2)c1F)C1CCCCC1. The van der Waals surface area contributed by atoms with Crippen molar-refractivity contribution in [3.63, 3.8) is 0 Å². The Morgan fingerprint density at radius 2 is 1.73 bits per heavy atom. The van der Waals surface area contributed by atoms with Crippen molar-refractivity contribution < 1.29 is 27.6 Å². The first-order valence-corrected chi connectivity index (χ1v) is 11.9. The maximum absolute atomic E-state index is 15.4. The molecule has 8 heteroatoms. The van der Waals surface area contributed by atoms with E-state index in [1.165, 1.54) is 12.1 Å². The number of ketones is 1. The van der Waals surface area contributed by atoms with E-state index in [1.807, 2.05) is 0 Å². The van der Waals surface area contributed by atoms with Crippen LogP contribution in [-0.2, 0) is 9.59 Å². The Labute approximate surface area is 193 Å². The fraction of sp³-hybridized carbons (Fsp3) is 0.640. The van der Waals surface area contributed by atoms with E-state index < -0.39 is 36.0 Å². The van der Waals surface area contributed by atoms with Gasteiger partial charge in [-0.3, -0.25) is 14.4 Å². The number of carbonyl (C=O) groups excluding carboxylic acids is 3. The van der Waals surface area contributed by atoms with Gasteiger partial charge in [0.05, 0.1) is 11.6 Å². The molecule has 3 rings (SSSR count). The summed E-state index contributed by atoms with van der Waals surface area (Å²) in [6.07, 6.45) is 2.72. The van der Waals surface area contributed by atoms with Crippen LogP contribution >= 0.6 is 0 Å². The molecular formula is C25H33F3N2O3. The molecule has 1 saturated carbocycles. The number of carbonyl (C=O) groups is 3. The van der Waals surface area contributed by atoms with Crippen LogP contribution in [0.1, 0.15) is 80.6 Å². The van der Waals surface area contributed by atoms with Crippen LogP contribution in [0.2, 0.25) is 0 Å². The van der Waals surface area contributed by atoms with Gasteiger partial charge in [0, 0.05) is 24.9 Å². The molecule has 0 radical (unpaired) electrons. The van der Waals surface area contributed by atoms with Gasteiger partial charge in [-0.2, -0.15) is 8.78 Å². The summed E-state index contributed by atoms with van der Waals surface area (Å²) in [4.78, 5) is 38.7. The van der Waals surface area contributed by atoms with E-state index in [-0.39, 0.29) is 41.8 Å². The quantitative estimate of drug-likeness (QED) is 0.634. The van der Waals surface area contributed by atoms with Crippen molar-refractivity contribution in [3.05, 3.63) is 35.1 Å². The highest BCUT2D eigenvalue weighted by atomic mass is 19.3. The van der Waals surface area contributed by atoms with Gasteiger partial charge in [0.2, 0.25) is 0 Å². The van der Waals surface area contributed by atoms with Crippen LogP contribution < -0.4 is 5.32 Å². The summed E-state index contributed by atoms with van der Waals surface area (Å²) in [5.41, 5.74) is 0.0704. The predicted molar refractivity (Wildman–Crippen MR) is 119 cm³/mol. The molecule has 2 atom stereocenters. The molecule has 0 bridgehead atoms. The number of amides is 2. The van der Waals surface area contributed by atoms with Crippen LogP contribution in [0.15, 0.2) is 18.2 Å². The summed E-state index contributed by atoms with van der Waals surface area (Å²) < 4.78 is 41.1. The lowest BCUT2D eigenvalue weighted by molar-refractivity contribution is -0.144. The fourth-order valence-electron chi connectivity index (χ4n) is 5.08. The highest BCUT2D eigenvalue weighted by Crippen LogP contribution is 2.31. The Hall–Kier alpha value is -2.38. The molecule has 2 fully saturated rings. The minimum absolute atomic E-state index is 0.0122. The van der Waals surface area contributed by atoms with Gasteiger partial charge in [-0.05, 0) is 43.2 Å². The Kier molecular flexibility index (Phi) is 8.54. The molecule has 33 heavy (non-hydrogen) atoms. The van der Waals surface area contributed by atoms with E-state index in [1.54, 1.807) is 19.9 Å². The standard InChI is InChI=1S/C25H33F3N2O3/c1-15(2)22(31)21(16-8-4-3-5-9-16)29-24(32)19-12-6-11-18(20(19)26)17-10-7-13-30(14-17)25(33)23(27)28/h6,11-12,15-17,21,23H,3-5,7-10,13-14H2,1-2H3,(H,29,32)/t17?,21-/m1/s1. The minimum atomic E-state index is -3.10. The van der Waals surface area contributed by atoms with Crippen LogP contribution in [-0.4, -0.2) is 48.1 Å². The van der Waals surface area contributed by atoms with E-state index in [2.05, 4.69) is 5.32 Å². The van der Waals surface area contributed by atoms with Crippen molar-refractivity contribution in [2.24, 2.45) is 11.8 Å². The number of benzene rings is 1. The second-order valence-electron chi connectivity index (χ2n) is 9.54. The van der Waals surface area contributed by atoms with E-state index in [0.717, 1.165) is 37.0 Å². The van der Waals surface area contributed by atoms with Gasteiger partial charge in [0.1, 0.15) is 5.82 Å². The molecule has 5 nitrogen and oxygen atoms in total. The number of alkyl halides is 2. The normalized spacial score (nSPS) is 20.7. The molecule has 1 aliphatic heterocycles. The molecule has 2 amide bonds. The number of Topliss-reactive ketones (excluding diaryl/α,β-unsaturated/α-hetero) is 1. The van der Waals surface area contributed by atoms with Gasteiger partial charge in [0.25, 0.3) is 11.8 Å². The number of halogens is 3. The summed E-state index contributed by atoms with van der Waals surface area (Å²) in [5.74, 6) is -3.36. The third kappa shape index (κ3) is 5.95. The molecule has 0 aromatic heterocycles. The van der Waals surface area contributed by atoms with Crippen LogP contribution in [0, 0.1) is 17.7 Å². The molecule has 1 aromatic carbocycles. The molecule has 1 aliphatic carbocycles. The summed E-state index contributed by atoms with van der Waals surface area (Å²) in [6, 6.07) is 3.80. The lowest BCUT2D eigenvalue weighted by Gasteiger charge is -2.33. The Balaban J connectivity index is 1.80. The van der Waals surface area contributed by atoms with Crippen LogP contribution in [0.4, 0.5) is 13.2 Å². The average molecular weight is 467 g/mol. The molecule has 1 N–H and O–H groups in total. The van der Waals surface area contributed by atoms with Gasteiger partial charge >= 0.3 is 6.43 Å². The van der Waals surface area contributed by atoms with E-state index in [9.17, 15) is 23.2 Å². The Morgan fingerprint density at radius 3 is 2.36 bits per heavy atom. The second kappa shape index (κ2) is 11.2. The molecule has 2 aliphatic rings. The van der Waals surface area contributed by atoms with Gasteiger partial charge in [-0.25, -0.2) is 4.39 Å². The molecule has 1 unspecified atom stereocenters. The summed E-state index contributed by atoms with van der Waals surface area (Å²) in [7, 11) is 0. The molecule has 1 aromatic rings. The van der Waals surface area contributed by atoms with Gasteiger partial charge in [-0.1, -0.05) is 45.2 Å². The molecule has 0 spiro atoms. The van der Waals surface area contributed by atoms with Crippen LogP contribution in [0.25, 0.3) is 0 Å². The topological polar surface area (TPSA) is 66.5 Å². The van der Waals surface area contributed by atoms with Gasteiger partial charge in [-0.15, -0.1) is 0 Å². The minimum Gasteiger partial charge on any atom is -0.342 e. The zero-order chi connectivity index (χ0) is 24.1. The van der Waals surface area contributed by atoms with Gasteiger partial charge < -0.3 is 10.2 Å². The van der Waals surface area contributed by atoms with Crippen LogP contribution in [0.3, 0.4) is 0 Å². The third-order valence-corrected chi connectivity index (χ3v) is 6.92. The first-order chi connectivity index (χ1) is 15.7. The lowest BCUT2D eigenvalue weighted by Crippen LogP contribution is -2.48. The fourth-order valence-corrected chi connectivity index (χ4v) is 5.08. The van der Waals surface area contributed by atoms with E-state index in [4.69, 9.17) is 0 Å². The zero-order valence-corrected chi connectivity index (χ0v) is 19.3. The lowest BCUT2D eigenvalue weighted by atomic mass is 9.80. The molecule has 1 heterocycles. The maximum atomic E-state index is 15.4. The van der Waals surface area contributed by atoms with Crippen molar-refractivity contribution in [1.29, 1.82) is 0 Å². The highest BCUT2D eigenvalue weighted by Gasteiger charge is 2.34. The number of hydrogen-bond acceptors (Lipinski definition) is 3. The van der Waals surface area contributed by atoms with Gasteiger partial charge in [0.15, 0.2) is 5.78 Å². The van der Waals surface area contributed by atoms with Crippen molar-refractivity contribution in [1.82, 2.24) is 10.2 Å². The first-order valence-electron chi connectivity index (χ1n) is 11.9. The maximum Gasteiger partial charge on any atom is 0.315 e. The van der Waals surface area contributed by atoms with E-state index >= 15 is 4.39 Å². The Bertz CT molecular complexity index is 868. The number of rotatable bonds is 7. The monoisotopic (exact) mass is 466 g/mol. The number of hydrogen-bond donors (Lipinski definition) is 1. The predicted octanol–water partition coefficient (Wildman–Crippen LogP) is 4.70. The first kappa shape index (κ1) is 25.2.